The van der Waals surface area contributed by atoms with Crippen LogP contribution in [0.4, 0.5) is 0 Å². The van der Waals surface area contributed by atoms with E-state index in [1.807, 2.05) is 32.0 Å². The Hall–Kier alpha value is -2.54. The van der Waals surface area contributed by atoms with Gasteiger partial charge in [0, 0.05) is 35.0 Å². The molecule has 0 fully saturated rings. The molecule has 0 spiro atoms. The quantitative estimate of drug-likeness (QED) is 0.591. The van der Waals surface area contributed by atoms with Crippen LogP contribution in [0.2, 0.25) is 0 Å². The van der Waals surface area contributed by atoms with E-state index in [0.717, 1.165) is 22.2 Å². The Morgan fingerprint density at radius 1 is 1.10 bits per heavy atom. The Morgan fingerprint density at radius 2 is 1.86 bits per heavy atom. The highest BCUT2D eigenvalue weighted by molar-refractivity contribution is 9.10. The van der Waals surface area contributed by atoms with Gasteiger partial charge in [0.15, 0.2) is 11.5 Å². The molecule has 154 valence electrons. The first-order valence-corrected chi connectivity index (χ1v) is 10.4. The van der Waals surface area contributed by atoms with Crippen molar-refractivity contribution in [2.45, 2.75) is 32.3 Å². The molecule has 0 aromatic heterocycles. The summed E-state index contributed by atoms with van der Waals surface area (Å²) < 4.78 is 12.7. The number of ether oxygens (including phenoxy) is 2. The minimum absolute atomic E-state index is 0.139. The fraction of sp³-hybridized carbons (Fsp3) is 0.364. The molecule has 0 radical (unpaired) electrons. The second-order valence-corrected chi connectivity index (χ2v) is 8.41. The summed E-state index contributed by atoms with van der Waals surface area (Å²) in [4.78, 5) is 23.9. The van der Waals surface area contributed by atoms with Crippen molar-refractivity contribution < 1.29 is 19.1 Å². The summed E-state index contributed by atoms with van der Waals surface area (Å²) in [6.45, 7) is 5.10. The van der Waals surface area contributed by atoms with Crippen LogP contribution in [0.15, 0.2) is 46.9 Å². The molecular formula is C22H25BrN2O4. The van der Waals surface area contributed by atoms with Gasteiger partial charge < -0.3 is 20.1 Å². The third kappa shape index (κ3) is 5.97. The molecular weight excluding hydrogens is 436 g/mol. The molecule has 29 heavy (non-hydrogen) atoms. The highest BCUT2D eigenvalue weighted by Crippen LogP contribution is 2.41. The zero-order chi connectivity index (χ0) is 20.9. The van der Waals surface area contributed by atoms with E-state index in [1.165, 1.54) is 0 Å². The van der Waals surface area contributed by atoms with Gasteiger partial charge >= 0.3 is 0 Å². The average Bonchev–Trinajstić information content (AvgIpc) is 3.00. The molecule has 0 saturated heterocycles. The van der Waals surface area contributed by atoms with Crippen LogP contribution < -0.4 is 20.1 Å². The molecule has 0 saturated carbocycles. The lowest BCUT2D eigenvalue weighted by Gasteiger charge is -2.18. The molecule has 2 aromatic rings. The molecule has 2 aromatic carbocycles. The number of hydrogen-bond donors (Lipinski definition) is 2. The van der Waals surface area contributed by atoms with Gasteiger partial charge in [0.05, 0.1) is 6.54 Å². The van der Waals surface area contributed by atoms with Crippen molar-refractivity contribution in [3.63, 3.8) is 0 Å². The van der Waals surface area contributed by atoms with Gasteiger partial charge in [0.25, 0.3) is 5.91 Å². The van der Waals surface area contributed by atoms with Gasteiger partial charge in [-0.1, -0.05) is 28.1 Å². The fourth-order valence-electron chi connectivity index (χ4n) is 3.13. The van der Waals surface area contributed by atoms with E-state index in [-0.39, 0.29) is 30.4 Å². The van der Waals surface area contributed by atoms with E-state index in [4.69, 9.17) is 9.47 Å². The zero-order valence-corrected chi connectivity index (χ0v) is 18.2. The largest absolute Gasteiger partial charge is 0.488 e. The van der Waals surface area contributed by atoms with Crippen LogP contribution in [-0.4, -0.2) is 37.1 Å². The molecule has 1 aliphatic rings. The third-order valence-corrected chi connectivity index (χ3v) is 5.01. The molecule has 2 amide bonds. The summed E-state index contributed by atoms with van der Waals surface area (Å²) in [5.41, 5.74) is 1.47. The summed E-state index contributed by atoms with van der Waals surface area (Å²) in [7, 11) is 0. The predicted octanol–water partition coefficient (Wildman–Crippen LogP) is 3.48. The number of fused-ring (bicyclic) bond motifs is 1. The van der Waals surface area contributed by atoms with Crippen molar-refractivity contribution in [3.8, 4) is 11.5 Å². The molecule has 0 atom stereocenters. The first kappa shape index (κ1) is 21.2. The number of amides is 2. The summed E-state index contributed by atoms with van der Waals surface area (Å²) in [5.74, 6) is 1.15. The number of carbonyl (C=O) groups is 2. The molecule has 1 aliphatic heterocycles. The van der Waals surface area contributed by atoms with Crippen LogP contribution in [0.25, 0.3) is 0 Å². The Bertz CT molecular complexity index is 881. The van der Waals surface area contributed by atoms with Crippen LogP contribution in [0.5, 0.6) is 11.5 Å². The molecule has 2 N–H and O–H groups in total. The Balaban J connectivity index is 1.34. The van der Waals surface area contributed by atoms with Crippen molar-refractivity contribution in [2.75, 3.05) is 19.7 Å². The summed E-state index contributed by atoms with van der Waals surface area (Å²) in [6, 6.07) is 12.9. The fourth-order valence-corrected chi connectivity index (χ4v) is 3.40. The van der Waals surface area contributed by atoms with Crippen LogP contribution in [0, 0.1) is 0 Å². The SMILES string of the molecule is CC1(C)Cc2cccc(OCCNC(=O)CCNC(=O)c3ccc(Br)cc3)c2O1. The first-order chi connectivity index (χ1) is 13.8. The predicted molar refractivity (Wildman–Crippen MR) is 114 cm³/mol. The zero-order valence-electron chi connectivity index (χ0n) is 16.6. The molecule has 1 heterocycles. The van der Waals surface area contributed by atoms with Crippen LogP contribution in [0.3, 0.4) is 0 Å². The van der Waals surface area contributed by atoms with Gasteiger partial charge in [-0.05, 0) is 44.2 Å². The number of para-hydroxylation sites is 1. The maximum atomic E-state index is 12.0. The summed E-state index contributed by atoms with van der Waals surface area (Å²) >= 11 is 3.33. The second-order valence-electron chi connectivity index (χ2n) is 7.49. The van der Waals surface area contributed by atoms with Crippen molar-refractivity contribution in [2.24, 2.45) is 0 Å². The minimum atomic E-state index is -0.226. The van der Waals surface area contributed by atoms with E-state index >= 15 is 0 Å². The van der Waals surface area contributed by atoms with Crippen molar-refractivity contribution in [3.05, 3.63) is 58.1 Å². The van der Waals surface area contributed by atoms with Gasteiger partial charge in [-0.3, -0.25) is 9.59 Å². The van der Waals surface area contributed by atoms with E-state index in [1.54, 1.807) is 24.3 Å². The Morgan fingerprint density at radius 3 is 2.62 bits per heavy atom. The van der Waals surface area contributed by atoms with Gasteiger partial charge in [0.1, 0.15) is 12.2 Å². The number of rotatable bonds is 8. The first-order valence-electron chi connectivity index (χ1n) is 9.58. The highest BCUT2D eigenvalue weighted by atomic mass is 79.9. The number of halogens is 1. The van der Waals surface area contributed by atoms with Crippen LogP contribution >= 0.6 is 15.9 Å². The average molecular weight is 461 g/mol. The lowest BCUT2D eigenvalue weighted by atomic mass is 10.0. The lowest BCUT2D eigenvalue weighted by Crippen LogP contribution is -2.32. The maximum absolute atomic E-state index is 12.0. The Labute approximate surface area is 179 Å². The van der Waals surface area contributed by atoms with E-state index in [0.29, 0.717) is 24.5 Å². The van der Waals surface area contributed by atoms with E-state index < -0.39 is 0 Å². The molecule has 7 heteroatoms. The monoisotopic (exact) mass is 460 g/mol. The van der Waals surface area contributed by atoms with Crippen molar-refractivity contribution in [1.29, 1.82) is 0 Å². The minimum Gasteiger partial charge on any atom is -0.488 e. The highest BCUT2D eigenvalue weighted by Gasteiger charge is 2.32. The number of benzene rings is 2. The van der Waals surface area contributed by atoms with Gasteiger partial charge in [0.2, 0.25) is 5.91 Å². The molecule has 0 aliphatic carbocycles. The van der Waals surface area contributed by atoms with Crippen LogP contribution in [0.1, 0.15) is 36.2 Å². The van der Waals surface area contributed by atoms with Gasteiger partial charge in [-0.2, -0.15) is 0 Å². The Kier molecular flexibility index (Phi) is 6.79. The summed E-state index contributed by atoms with van der Waals surface area (Å²) in [5, 5.41) is 5.53. The summed E-state index contributed by atoms with van der Waals surface area (Å²) in [6.07, 6.45) is 1.06. The lowest BCUT2D eigenvalue weighted by molar-refractivity contribution is -0.121. The molecule has 0 bridgehead atoms. The van der Waals surface area contributed by atoms with E-state index in [9.17, 15) is 9.59 Å². The number of nitrogens with one attached hydrogen (secondary N) is 2. The number of carbonyl (C=O) groups excluding carboxylic acids is 2. The molecule has 6 nitrogen and oxygen atoms in total. The number of hydrogen-bond acceptors (Lipinski definition) is 4. The third-order valence-electron chi connectivity index (χ3n) is 4.48. The van der Waals surface area contributed by atoms with Gasteiger partial charge in [-0.25, -0.2) is 0 Å². The smallest absolute Gasteiger partial charge is 0.251 e. The normalized spacial score (nSPS) is 13.9. The van der Waals surface area contributed by atoms with Gasteiger partial charge in [-0.15, -0.1) is 0 Å². The maximum Gasteiger partial charge on any atom is 0.251 e. The molecule has 3 rings (SSSR count). The topological polar surface area (TPSA) is 76.7 Å². The van der Waals surface area contributed by atoms with Crippen LogP contribution in [-0.2, 0) is 11.2 Å². The standard InChI is InChI=1S/C22H25BrN2O4/c1-22(2)14-16-4-3-5-18(20(16)29-22)28-13-12-24-19(26)10-11-25-21(27)15-6-8-17(23)9-7-15/h3-9H,10-14H2,1-2H3,(H,24,26)(H,25,27). The van der Waals surface area contributed by atoms with Crippen molar-refractivity contribution in [1.82, 2.24) is 10.6 Å². The second kappa shape index (κ2) is 9.31. The molecule has 0 unspecified atom stereocenters. The van der Waals surface area contributed by atoms with Crippen molar-refractivity contribution >= 4 is 27.7 Å². The van der Waals surface area contributed by atoms with E-state index in [2.05, 4.69) is 26.6 Å².